The predicted molar refractivity (Wildman–Crippen MR) is 54.3 cm³/mol. The van der Waals surface area contributed by atoms with Gasteiger partial charge in [0.1, 0.15) is 0 Å². The van der Waals surface area contributed by atoms with Crippen LogP contribution in [0.25, 0.3) is 0 Å². The van der Waals surface area contributed by atoms with Gasteiger partial charge in [0.15, 0.2) is 0 Å². The molecule has 0 aromatic rings. The molecule has 0 spiro atoms. The van der Waals surface area contributed by atoms with E-state index >= 15 is 0 Å². The van der Waals surface area contributed by atoms with E-state index in [0.717, 1.165) is 32.6 Å². The second-order valence-corrected chi connectivity index (χ2v) is 3.47. The Morgan fingerprint density at radius 1 is 1.33 bits per heavy atom. The Bertz CT molecular complexity index is 93.8. The standard InChI is InChI=1S/C9H23N3/c1-9(2)12(3)8-7-11-6-4-5-10/h9,11H,4-8,10H2,1-3H3. The molecule has 0 aliphatic rings. The highest BCUT2D eigenvalue weighted by Crippen LogP contribution is 1.90. The monoisotopic (exact) mass is 173 g/mol. The van der Waals surface area contributed by atoms with E-state index in [0.29, 0.717) is 6.04 Å². The lowest BCUT2D eigenvalue weighted by Gasteiger charge is -2.20. The zero-order valence-electron chi connectivity index (χ0n) is 8.64. The van der Waals surface area contributed by atoms with Gasteiger partial charge in [0, 0.05) is 19.1 Å². The van der Waals surface area contributed by atoms with Crippen molar-refractivity contribution < 1.29 is 0 Å². The van der Waals surface area contributed by atoms with E-state index < -0.39 is 0 Å². The predicted octanol–water partition coefficient (Wildman–Crippen LogP) is 0.265. The normalized spacial score (nSPS) is 11.5. The van der Waals surface area contributed by atoms with Gasteiger partial charge in [-0.1, -0.05) is 0 Å². The van der Waals surface area contributed by atoms with E-state index in [4.69, 9.17) is 5.73 Å². The van der Waals surface area contributed by atoms with Crippen molar-refractivity contribution >= 4 is 0 Å². The molecule has 12 heavy (non-hydrogen) atoms. The zero-order valence-corrected chi connectivity index (χ0v) is 8.64. The zero-order chi connectivity index (χ0) is 9.40. The Morgan fingerprint density at radius 3 is 2.50 bits per heavy atom. The Balaban J connectivity index is 3.08. The van der Waals surface area contributed by atoms with Gasteiger partial charge in [-0.3, -0.25) is 0 Å². The van der Waals surface area contributed by atoms with E-state index in [1.807, 2.05) is 0 Å². The first-order valence-electron chi connectivity index (χ1n) is 4.79. The third kappa shape index (κ3) is 6.58. The third-order valence-corrected chi connectivity index (χ3v) is 2.08. The van der Waals surface area contributed by atoms with Crippen LogP contribution in [0, 0.1) is 0 Å². The molecule has 0 rings (SSSR count). The summed E-state index contributed by atoms with van der Waals surface area (Å²) in [5.41, 5.74) is 5.37. The van der Waals surface area contributed by atoms with Crippen molar-refractivity contribution in [2.45, 2.75) is 26.3 Å². The van der Waals surface area contributed by atoms with Crippen LogP contribution in [0.2, 0.25) is 0 Å². The third-order valence-electron chi connectivity index (χ3n) is 2.08. The maximum Gasteiger partial charge on any atom is 0.0106 e. The molecule has 0 atom stereocenters. The number of nitrogens with zero attached hydrogens (tertiary/aromatic N) is 1. The summed E-state index contributed by atoms with van der Waals surface area (Å²) in [5.74, 6) is 0. The number of rotatable bonds is 7. The van der Waals surface area contributed by atoms with Crippen LogP contribution in [0.3, 0.4) is 0 Å². The molecular formula is C9H23N3. The van der Waals surface area contributed by atoms with Crippen LogP contribution in [-0.4, -0.2) is 44.2 Å². The summed E-state index contributed by atoms with van der Waals surface area (Å²) in [6.07, 6.45) is 1.07. The van der Waals surface area contributed by atoms with Crippen molar-refractivity contribution in [1.82, 2.24) is 10.2 Å². The van der Waals surface area contributed by atoms with Crippen LogP contribution in [0.5, 0.6) is 0 Å². The van der Waals surface area contributed by atoms with Crippen LogP contribution < -0.4 is 11.1 Å². The topological polar surface area (TPSA) is 41.3 Å². The number of likely N-dealkylation sites (N-methyl/N-ethyl adjacent to an activating group) is 1. The molecule has 0 aromatic heterocycles. The second kappa shape index (κ2) is 7.53. The van der Waals surface area contributed by atoms with Gasteiger partial charge in [-0.15, -0.1) is 0 Å². The van der Waals surface area contributed by atoms with E-state index in [2.05, 4.69) is 31.1 Å². The second-order valence-electron chi connectivity index (χ2n) is 3.47. The molecule has 0 fully saturated rings. The van der Waals surface area contributed by atoms with Crippen LogP contribution >= 0.6 is 0 Å². The lowest BCUT2D eigenvalue weighted by molar-refractivity contribution is 0.273. The highest BCUT2D eigenvalue weighted by Gasteiger charge is 2.00. The molecule has 3 nitrogen and oxygen atoms in total. The fourth-order valence-electron chi connectivity index (χ4n) is 0.866. The summed E-state index contributed by atoms with van der Waals surface area (Å²) >= 11 is 0. The highest BCUT2D eigenvalue weighted by molar-refractivity contribution is 4.58. The fraction of sp³-hybridized carbons (Fsp3) is 1.00. The molecule has 0 unspecified atom stereocenters. The lowest BCUT2D eigenvalue weighted by atomic mass is 10.3. The van der Waals surface area contributed by atoms with Gasteiger partial charge in [-0.25, -0.2) is 0 Å². The number of nitrogens with one attached hydrogen (secondary N) is 1. The Kier molecular flexibility index (Phi) is 7.45. The van der Waals surface area contributed by atoms with Crippen molar-refractivity contribution in [3.05, 3.63) is 0 Å². The summed E-state index contributed by atoms with van der Waals surface area (Å²) in [5, 5.41) is 3.35. The van der Waals surface area contributed by atoms with E-state index in [9.17, 15) is 0 Å². The van der Waals surface area contributed by atoms with Gasteiger partial charge < -0.3 is 16.0 Å². The van der Waals surface area contributed by atoms with Gasteiger partial charge in [-0.05, 0) is 40.4 Å². The van der Waals surface area contributed by atoms with Gasteiger partial charge in [0.25, 0.3) is 0 Å². The van der Waals surface area contributed by atoms with Crippen molar-refractivity contribution in [2.75, 3.05) is 33.2 Å². The van der Waals surface area contributed by atoms with Crippen molar-refractivity contribution in [2.24, 2.45) is 5.73 Å². The maximum absolute atomic E-state index is 5.37. The van der Waals surface area contributed by atoms with Crippen LogP contribution in [0.1, 0.15) is 20.3 Å². The van der Waals surface area contributed by atoms with Crippen LogP contribution in [0.15, 0.2) is 0 Å². The molecule has 0 bridgehead atoms. The van der Waals surface area contributed by atoms with Crippen molar-refractivity contribution in [3.8, 4) is 0 Å². The molecule has 3 N–H and O–H groups in total. The molecule has 0 saturated carbocycles. The molecule has 0 aliphatic heterocycles. The first-order chi connectivity index (χ1) is 5.68. The Hall–Kier alpha value is -0.120. The molecule has 0 aromatic carbocycles. The van der Waals surface area contributed by atoms with E-state index in [1.54, 1.807) is 0 Å². The Morgan fingerprint density at radius 2 is 2.00 bits per heavy atom. The molecule has 0 radical (unpaired) electrons. The minimum absolute atomic E-state index is 0.640. The minimum atomic E-state index is 0.640. The molecular weight excluding hydrogens is 150 g/mol. The van der Waals surface area contributed by atoms with Gasteiger partial charge in [0.2, 0.25) is 0 Å². The molecule has 0 amide bonds. The molecule has 0 heterocycles. The van der Waals surface area contributed by atoms with Crippen molar-refractivity contribution in [3.63, 3.8) is 0 Å². The van der Waals surface area contributed by atoms with Gasteiger partial charge in [0.05, 0.1) is 0 Å². The average Bonchev–Trinajstić information content (AvgIpc) is 2.03. The highest BCUT2D eigenvalue weighted by atomic mass is 15.1. The van der Waals surface area contributed by atoms with Gasteiger partial charge >= 0.3 is 0 Å². The average molecular weight is 173 g/mol. The molecule has 0 aliphatic carbocycles. The minimum Gasteiger partial charge on any atom is -0.330 e. The quantitative estimate of drug-likeness (QED) is 0.543. The summed E-state index contributed by atoms with van der Waals surface area (Å²) in [6, 6.07) is 0.640. The van der Waals surface area contributed by atoms with Gasteiger partial charge in [-0.2, -0.15) is 0 Å². The van der Waals surface area contributed by atoms with E-state index in [-0.39, 0.29) is 0 Å². The van der Waals surface area contributed by atoms with Crippen molar-refractivity contribution in [1.29, 1.82) is 0 Å². The number of hydrogen-bond donors (Lipinski definition) is 2. The summed E-state index contributed by atoms with van der Waals surface area (Å²) in [4.78, 5) is 2.33. The van der Waals surface area contributed by atoms with E-state index in [1.165, 1.54) is 0 Å². The molecule has 3 heteroatoms. The summed E-state index contributed by atoms with van der Waals surface area (Å²) in [7, 11) is 2.15. The molecule has 74 valence electrons. The number of hydrogen-bond acceptors (Lipinski definition) is 3. The molecule has 0 saturated heterocycles. The number of nitrogens with two attached hydrogens (primary N) is 1. The smallest absolute Gasteiger partial charge is 0.0106 e. The maximum atomic E-state index is 5.37. The first-order valence-corrected chi connectivity index (χ1v) is 4.79. The largest absolute Gasteiger partial charge is 0.330 e. The summed E-state index contributed by atoms with van der Waals surface area (Å²) < 4.78 is 0. The first kappa shape index (κ1) is 11.9. The SMILES string of the molecule is CC(C)N(C)CCNCCCN. The van der Waals surface area contributed by atoms with Crippen LogP contribution in [0.4, 0.5) is 0 Å². The summed E-state index contributed by atoms with van der Waals surface area (Å²) in [6.45, 7) is 8.42. The lowest BCUT2D eigenvalue weighted by Crippen LogP contribution is -2.34. The van der Waals surface area contributed by atoms with Crippen LogP contribution in [-0.2, 0) is 0 Å². The fourth-order valence-corrected chi connectivity index (χ4v) is 0.866. The Labute approximate surface area is 76.3 Å².